The topological polar surface area (TPSA) is 85.3 Å². The molecule has 0 radical (unpaired) electrons. The second-order valence-corrected chi connectivity index (χ2v) is 6.78. The van der Waals surface area contributed by atoms with E-state index < -0.39 is 17.9 Å². The van der Waals surface area contributed by atoms with Gasteiger partial charge in [0.15, 0.2) is 5.71 Å². The monoisotopic (exact) mass is 372 g/mol. The fourth-order valence-corrected chi connectivity index (χ4v) is 3.62. The van der Waals surface area contributed by atoms with Crippen molar-refractivity contribution < 1.29 is 24.0 Å². The molecule has 3 rings (SSSR count). The highest BCUT2D eigenvalue weighted by molar-refractivity contribution is 6.44. The zero-order valence-corrected chi connectivity index (χ0v) is 15.4. The summed E-state index contributed by atoms with van der Waals surface area (Å²) in [5.41, 5.74) is 0.271. The third kappa shape index (κ3) is 4.35. The van der Waals surface area contributed by atoms with Crippen LogP contribution in [0.1, 0.15) is 49.4 Å². The van der Waals surface area contributed by atoms with Crippen LogP contribution in [0.4, 0.5) is 0 Å². The molecule has 0 bridgehead atoms. The van der Waals surface area contributed by atoms with Crippen LogP contribution in [0.25, 0.3) is 0 Å². The second-order valence-electron chi connectivity index (χ2n) is 6.78. The Hall–Kier alpha value is -2.70. The molecule has 7 nitrogen and oxygen atoms in total. The van der Waals surface area contributed by atoms with Crippen molar-refractivity contribution in [1.82, 2.24) is 4.90 Å². The smallest absolute Gasteiger partial charge is 0.365 e. The molecule has 0 spiro atoms. The van der Waals surface area contributed by atoms with Crippen LogP contribution in [0, 0.1) is 5.92 Å². The molecule has 2 aliphatic rings. The van der Waals surface area contributed by atoms with Crippen LogP contribution in [0.3, 0.4) is 0 Å². The van der Waals surface area contributed by atoms with Gasteiger partial charge in [-0.05, 0) is 31.9 Å². The van der Waals surface area contributed by atoms with E-state index in [0.29, 0.717) is 5.56 Å². The Labute approximate surface area is 158 Å². The van der Waals surface area contributed by atoms with Crippen molar-refractivity contribution in [3.63, 3.8) is 0 Å². The molecule has 144 valence electrons. The Balaban J connectivity index is 1.78. The number of oxime groups is 1. The van der Waals surface area contributed by atoms with Gasteiger partial charge in [-0.1, -0.05) is 42.6 Å². The summed E-state index contributed by atoms with van der Waals surface area (Å²) >= 11 is 0. The number of ether oxygens (including phenoxy) is 1. The Morgan fingerprint density at radius 2 is 1.85 bits per heavy atom. The van der Waals surface area contributed by atoms with Crippen molar-refractivity contribution in [3.05, 3.63) is 35.9 Å². The molecule has 7 heteroatoms. The summed E-state index contributed by atoms with van der Waals surface area (Å²) in [4.78, 5) is 44.0. The second kappa shape index (κ2) is 8.79. The average Bonchev–Trinajstić information content (AvgIpc) is 3.04. The molecule has 1 heterocycles. The summed E-state index contributed by atoms with van der Waals surface area (Å²) in [5, 5.41) is 3.79. The SMILES string of the molecule is CCOC(=O)C1CN(C2CCCCC2)C(=O)C1=NOC(=O)c1ccccc1. The van der Waals surface area contributed by atoms with Crippen LogP contribution in [0.2, 0.25) is 0 Å². The number of nitrogens with zero attached hydrogens (tertiary/aromatic N) is 2. The molecule has 1 aliphatic heterocycles. The largest absolute Gasteiger partial charge is 0.465 e. The summed E-state index contributed by atoms with van der Waals surface area (Å²) in [6.45, 7) is 2.15. The van der Waals surface area contributed by atoms with Crippen LogP contribution >= 0.6 is 0 Å². The van der Waals surface area contributed by atoms with Gasteiger partial charge in [0, 0.05) is 12.6 Å². The van der Waals surface area contributed by atoms with Gasteiger partial charge < -0.3 is 14.5 Å². The predicted molar refractivity (Wildman–Crippen MR) is 98.0 cm³/mol. The third-order valence-corrected chi connectivity index (χ3v) is 5.01. The molecular formula is C20H24N2O5. The number of carbonyl (C=O) groups is 3. The van der Waals surface area contributed by atoms with Crippen molar-refractivity contribution in [3.8, 4) is 0 Å². The van der Waals surface area contributed by atoms with E-state index in [1.807, 2.05) is 0 Å². The normalized spacial score (nSPS) is 22.1. The van der Waals surface area contributed by atoms with E-state index in [9.17, 15) is 14.4 Å². The van der Waals surface area contributed by atoms with Gasteiger partial charge in [0.05, 0.1) is 12.2 Å². The van der Waals surface area contributed by atoms with Gasteiger partial charge in [0.25, 0.3) is 5.91 Å². The van der Waals surface area contributed by atoms with Gasteiger partial charge >= 0.3 is 11.9 Å². The molecule has 1 saturated carbocycles. The Morgan fingerprint density at radius 3 is 2.52 bits per heavy atom. The standard InChI is InChI=1S/C20H24N2O5/c1-2-26-20(25)16-13-22(15-11-7-4-8-12-15)18(23)17(16)21-27-19(24)14-9-5-3-6-10-14/h3,5-6,9-10,15-16H,2,4,7-8,11-13H2,1H3. The summed E-state index contributed by atoms with van der Waals surface area (Å²) < 4.78 is 5.09. The lowest BCUT2D eigenvalue weighted by Gasteiger charge is -2.30. The van der Waals surface area contributed by atoms with Gasteiger partial charge in [-0.2, -0.15) is 0 Å². The lowest BCUT2D eigenvalue weighted by Crippen LogP contribution is -2.39. The molecule has 1 aromatic carbocycles. The van der Waals surface area contributed by atoms with E-state index in [0.717, 1.165) is 32.1 Å². The maximum atomic E-state index is 12.9. The minimum absolute atomic E-state index is 0.0525. The summed E-state index contributed by atoms with van der Waals surface area (Å²) in [6.07, 6.45) is 5.12. The van der Waals surface area contributed by atoms with Crippen molar-refractivity contribution in [1.29, 1.82) is 0 Å². The highest BCUT2D eigenvalue weighted by Gasteiger charge is 2.45. The van der Waals surface area contributed by atoms with Crippen molar-refractivity contribution in [2.24, 2.45) is 11.1 Å². The maximum Gasteiger partial charge on any atom is 0.365 e. The van der Waals surface area contributed by atoms with Gasteiger partial charge in [-0.25, -0.2) is 4.79 Å². The lowest BCUT2D eigenvalue weighted by atomic mass is 9.94. The van der Waals surface area contributed by atoms with E-state index in [2.05, 4.69) is 5.16 Å². The number of esters is 1. The number of likely N-dealkylation sites (tertiary alicyclic amines) is 1. The van der Waals surface area contributed by atoms with Crippen LogP contribution in [-0.2, 0) is 19.2 Å². The Morgan fingerprint density at radius 1 is 1.15 bits per heavy atom. The first-order chi connectivity index (χ1) is 13.1. The van der Waals surface area contributed by atoms with Crippen molar-refractivity contribution in [2.45, 2.75) is 45.1 Å². The van der Waals surface area contributed by atoms with Crippen LogP contribution in [0.5, 0.6) is 0 Å². The number of benzene rings is 1. The minimum Gasteiger partial charge on any atom is -0.465 e. The zero-order chi connectivity index (χ0) is 19.2. The predicted octanol–water partition coefficient (Wildman–Crippen LogP) is 2.55. The molecule has 1 aromatic rings. The molecule has 2 fully saturated rings. The van der Waals surface area contributed by atoms with Crippen LogP contribution < -0.4 is 0 Å². The van der Waals surface area contributed by atoms with E-state index >= 15 is 0 Å². The van der Waals surface area contributed by atoms with Crippen molar-refractivity contribution >= 4 is 23.6 Å². The van der Waals surface area contributed by atoms with Crippen molar-refractivity contribution in [2.75, 3.05) is 13.2 Å². The molecule has 1 atom stereocenters. The van der Waals surface area contributed by atoms with Crippen LogP contribution in [0.15, 0.2) is 35.5 Å². The number of hydrogen-bond acceptors (Lipinski definition) is 6. The Bertz CT molecular complexity index is 725. The number of carbonyl (C=O) groups excluding carboxylic acids is 3. The average molecular weight is 372 g/mol. The molecule has 0 N–H and O–H groups in total. The number of rotatable bonds is 5. The number of hydrogen-bond donors (Lipinski definition) is 0. The van der Waals surface area contributed by atoms with E-state index in [1.54, 1.807) is 42.2 Å². The fourth-order valence-electron chi connectivity index (χ4n) is 3.62. The molecule has 1 aliphatic carbocycles. The van der Waals surface area contributed by atoms with Gasteiger partial charge in [0.1, 0.15) is 5.92 Å². The minimum atomic E-state index is -0.831. The first-order valence-electron chi connectivity index (χ1n) is 9.43. The molecule has 0 aromatic heterocycles. The van der Waals surface area contributed by atoms with Crippen LogP contribution in [-0.4, -0.2) is 47.7 Å². The first kappa shape index (κ1) is 19.1. The number of amides is 1. The zero-order valence-electron chi connectivity index (χ0n) is 15.4. The molecular weight excluding hydrogens is 348 g/mol. The first-order valence-corrected chi connectivity index (χ1v) is 9.43. The summed E-state index contributed by atoms with van der Waals surface area (Å²) in [7, 11) is 0. The summed E-state index contributed by atoms with van der Waals surface area (Å²) in [5.74, 6) is -2.36. The molecule has 27 heavy (non-hydrogen) atoms. The quantitative estimate of drug-likeness (QED) is 0.450. The fraction of sp³-hybridized carbons (Fsp3) is 0.500. The van der Waals surface area contributed by atoms with E-state index in [4.69, 9.17) is 9.57 Å². The molecule has 1 saturated heterocycles. The van der Waals surface area contributed by atoms with E-state index in [1.165, 1.54) is 0 Å². The molecule has 1 unspecified atom stereocenters. The molecule has 1 amide bonds. The highest BCUT2D eigenvalue weighted by atomic mass is 16.7. The third-order valence-electron chi connectivity index (χ3n) is 5.01. The van der Waals surface area contributed by atoms with E-state index in [-0.39, 0.29) is 30.8 Å². The lowest BCUT2D eigenvalue weighted by molar-refractivity contribution is -0.145. The highest BCUT2D eigenvalue weighted by Crippen LogP contribution is 2.28. The summed E-state index contributed by atoms with van der Waals surface area (Å²) in [6, 6.07) is 8.47. The Kier molecular flexibility index (Phi) is 6.21. The van der Waals surface area contributed by atoms with Gasteiger partial charge in [0.2, 0.25) is 0 Å². The van der Waals surface area contributed by atoms with Gasteiger partial charge in [-0.3, -0.25) is 9.59 Å². The maximum absolute atomic E-state index is 12.9. The van der Waals surface area contributed by atoms with Gasteiger partial charge in [-0.15, -0.1) is 0 Å².